The van der Waals surface area contributed by atoms with E-state index in [1.807, 2.05) is 31.9 Å². The van der Waals surface area contributed by atoms with Gasteiger partial charge in [0.05, 0.1) is 43.5 Å². The summed E-state index contributed by atoms with van der Waals surface area (Å²) in [5, 5.41) is 14.2. The molecule has 0 spiro atoms. The second-order valence-electron chi connectivity index (χ2n) is 8.05. The Morgan fingerprint density at radius 2 is 2.00 bits per heavy atom. The third kappa shape index (κ3) is 5.93. The fourth-order valence-corrected chi connectivity index (χ4v) is 3.72. The molecule has 3 aromatic rings. The molecule has 2 N–H and O–H groups in total. The highest BCUT2D eigenvalue weighted by atomic mass is 32.1. The van der Waals surface area contributed by atoms with E-state index in [-0.39, 0.29) is 37.7 Å². The summed E-state index contributed by atoms with van der Waals surface area (Å²) in [5.74, 6) is 0.563. The molecule has 1 aliphatic rings. The zero-order valence-corrected chi connectivity index (χ0v) is 21.0. The predicted octanol–water partition coefficient (Wildman–Crippen LogP) is 3.44. The number of nitrogens with one attached hydrogen (secondary N) is 2. The van der Waals surface area contributed by atoms with Crippen LogP contribution >= 0.6 is 13.5 Å². The number of hydrogen-bond acceptors (Lipinski definition) is 8. The van der Waals surface area contributed by atoms with Crippen molar-refractivity contribution >= 4 is 36.6 Å². The Hall–Kier alpha value is -3.68. The highest BCUT2D eigenvalue weighted by Gasteiger charge is 2.31. The third-order valence-corrected chi connectivity index (χ3v) is 5.62. The molecule has 1 amide bonds. The van der Waals surface area contributed by atoms with Crippen molar-refractivity contribution in [3.05, 3.63) is 47.4 Å². The summed E-state index contributed by atoms with van der Waals surface area (Å²) in [6.07, 6.45) is -3.12. The van der Waals surface area contributed by atoms with Crippen LogP contribution in [0.2, 0.25) is 0 Å². The molecule has 14 heteroatoms. The molecule has 36 heavy (non-hydrogen) atoms. The summed E-state index contributed by atoms with van der Waals surface area (Å²) in [4.78, 5) is 18.5. The second kappa shape index (κ2) is 10.5. The van der Waals surface area contributed by atoms with Crippen molar-refractivity contribution in [3.8, 4) is 11.5 Å². The number of carbonyl (C=O) groups is 1. The van der Waals surface area contributed by atoms with Gasteiger partial charge in [0, 0.05) is 18.7 Å². The summed E-state index contributed by atoms with van der Waals surface area (Å²) in [6, 6.07) is 5.38. The number of pyridine rings is 1. The number of rotatable bonds is 7. The number of carbonyl (C=O) groups excluding carboxylic acids is 1. The van der Waals surface area contributed by atoms with Crippen LogP contribution in [0.25, 0.3) is 0 Å². The number of halogens is 3. The predicted molar refractivity (Wildman–Crippen MR) is 132 cm³/mol. The van der Waals surface area contributed by atoms with Gasteiger partial charge in [0.15, 0.2) is 0 Å². The molecule has 0 fully saturated rings. The lowest BCUT2D eigenvalue weighted by atomic mass is 10.1. The van der Waals surface area contributed by atoms with Crippen LogP contribution in [-0.2, 0) is 17.9 Å². The summed E-state index contributed by atoms with van der Waals surface area (Å²) >= 11 is 0. The average molecular weight is 526 g/mol. The van der Waals surface area contributed by atoms with E-state index in [9.17, 15) is 18.0 Å². The number of amides is 1. The highest BCUT2D eigenvalue weighted by molar-refractivity contribution is 7.59. The Kier molecular flexibility index (Phi) is 7.86. The van der Waals surface area contributed by atoms with Crippen LogP contribution in [0.5, 0.6) is 11.5 Å². The van der Waals surface area contributed by atoms with Gasteiger partial charge in [-0.15, -0.1) is 18.3 Å². The van der Waals surface area contributed by atoms with Crippen molar-refractivity contribution in [3.63, 3.8) is 0 Å². The van der Waals surface area contributed by atoms with Crippen molar-refractivity contribution in [1.29, 1.82) is 0 Å². The molecule has 10 nitrogen and oxygen atoms in total. The van der Waals surface area contributed by atoms with E-state index in [2.05, 4.69) is 30.7 Å². The lowest BCUT2D eigenvalue weighted by molar-refractivity contribution is -0.274. The molecular formula is C22H26F3N7O3S. The summed E-state index contributed by atoms with van der Waals surface area (Å²) < 4.78 is 48.4. The maximum absolute atomic E-state index is 12.6. The van der Waals surface area contributed by atoms with Gasteiger partial charge in [0.2, 0.25) is 5.91 Å². The first kappa shape index (κ1) is 26.9. The number of fused-ring (bicyclic) bond motifs is 1. The van der Waals surface area contributed by atoms with E-state index < -0.39 is 6.36 Å². The van der Waals surface area contributed by atoms with Crippen LogP contribution in [0.4, 0.5) is 30.4 Å². The monoisotopic (exact) mass is 525 g/mol. The van der Waals surface area contributed by atoms with Crippen molar-refractivity contribution in [2.75, 3.05) is 29.7 Å². The molecule has 4 rings (SSSR count). The van der Waals surface area contributed by atoms with Crippen LogP contribution in [0.1, 0.15) is 23.9 Å². The number of hydrogen-bond donors (Lipinski definition) is 2. The largest absolute Gasteiger partial charge is 0.573 e. The van der Waals surface area contributed by atoms with Gasteiger partial charge in [0.25, 0.3) is 0 Å². The zero-order chi connectivity index (χ0) is 25.3. The minimum Gasteiger partial charge on any atom is -0.496 e. The number of methoxy groups -OCH3 is 1. The first-order chi connectivity index (χ1) is 16.5. The van der Waals surface area contributed by atoms with Crippen molar-refractivity contribution < 1.29 is 27.4 Å². The van der Waals surface area contributed by atoms with Gasteiger partial charge < -0.3 is 25.0 Å². The van der Waals surface area contributed by atoms with E-state index in [1.54, 1.807) is 6.20 Å². The standard InChI is InChI=1S/C22H24F3N7O3.H2S/c1-12-20-17(31(3)13(2)21(33)28-20)8-19(27-12)26-9-15-11-32(30-29-15)10-14-7-16(35-22(23,24)25)5-6-18(14)34-4;/h5-8,11,13H,9-10H2,1-4H3,(H,26,27)(H,28,33);1H2/t13-;/m0./s1. The smallest absolute Gasteiger partial charge is 0.496 e. The van der Waals surface area contributed by atoms with Crippen LogP contribution in [0.15, 0.2) is 30.5 Å². The minimum atomic E-state index is -4.79. The van der Waals surface area contributed by atoms with Crippen LogP contribution in [0, 0.1) is 6.92 Å². The first-order valence-electron chi connectivity index (χ1n) is 10.6. The van der Waals surface area contributed by atoms with E-state index in [0.717, 1.165) is 5.69 Å². The topological polar surface area (TPSA) is 106 Å². The molecule has 0 saturated heterocycles. The van der Waals surface area contributed by atoms with Crippen molar-refractivity contribution in [2.24, 2.45) is 0 Å². The first-order valence-corrected chi connectivity index (χ1v) is 10.6. The van der Waals surface area contributed by atoms with Crippen molar-refractivity contribution in [2.45, 2.75) is 39.3 Å². The number of benzene rings is 1. The quantitative estimate of drug-likeness (QED) is 0.483. The zero-order valence-electron chi connectivity index (χ0n) is 20.0. The Balaban J connectivity index is 0.00000361. The number of ether oxygens (including phenoxy) is 2. The Morgan fingerprint density at radius 3 is 2.69 bits per heavy atom. The summed E-state index contributed by atoms with van der Waals surface area (Å²) in [7, 11) is 3.27. The summed E-state index contributed by atoms with van der Waals surface area (Å²) in [5.41, 5.74) is 3.25. The minimum absolute atomic E-state index is 0. The van der Waals surface area contributed by atoms with Gasteiger partial charge in [-0.25, -0.2) is 9.67 Å². The molecule has 0 saturated carbocycles. The number of alkyl halides is 3. The number of aromatic nitrogens is 4. The molecule has 3 heterocycles. The number of aryl methyl sites for hydroxylation is 1. The second-order valence-corrected chi connectivity index (χ2v) is 8.05. The van der Waals surface area contributed by atoms with Crippen LogP contribution in [-0.4, -0.2) is 52.4 Å². The molecular weight excluding hydrogens is 499 g/mol. The Bertz CT molecular complexity index is 1250. The van der Waals surface area contributed by atoms with Gasteiger partial charge in [-0.2, -0.15) is 13.5 Å². The number of nitrogens with zero attached hydrogens (tertiary/aromatic N) is 5. The maximum atomic E-state index is 12.6. The van der Waals surface area contributed by atoms with E-state index in [4.69, 9.17) is 4.74 Å². The SMILES string of the molecule is COc1ccc(OC(F)(F)F)cc1Cn1cc(CNc2cc3c(c(C)n2)NC(=O)[C@H](C)N3C)nn1.S. The molecule has 0 bridgehead atoms. The third-order valence-electron chi connectivity index (χ3n) is 5.62. The van der Waals surface area contributed by atoms with Crippen LogP contribution in [0.3, 0.4) is 0 Å². The van der Waals surface area contributed by atoms with Crippen LogP contribution < -0.4 is 25.0 Å². The van der Waals surface area contributed by atoms with Gasteiger partial charge in [-0.3, -0.25) is 4.79 Å². The number of anilines is 3. The lowest BCUT2D eigenvalue weighted by Crippen LogP contribution is -2.44. The van der Waals surface area contributed by atoms with Crippen molar-refractivity contribution in [1.82, 2.24) is 20.0 Å². The summed E-state index contributed by atoms with van der Waals surface area (Å²) in [6.45, 7) is 4.07. The average Bonchev–Trinajstić information content (AvgIpc) is 3.23. The molecule has 0 unspecified atom stereocenters. The molecule has 0 aliphatic carbocycles. The van der Waals surface area contributed by atoms with Gasteiger partial charge in [-0.05, 0) is 32.0 Å². The van der Waals surface area contributed by atoms with E-state index in [1.165, 1.54) is 30.0 Å². The number of likely N-dealkylation sites (N-methyl/N-ethyl adjacent to an activating group) is 1. The molecule has 2 aromatic heterocycles. The fourth-order valence-electron chi connectivity index (χ4n) is 3.72. The van der Waals surface area contributed by atoms with E-state index >= 15 is 0 Å². The molecule has 1 aromatic carbocycles. The molecule has 1 atom stereocenters. The fraction of sp³-hybridized carbons (Fsp3) is 0.364. The normalized spacial score (nSPS) is 15.0. The molecule has 0 radical (unpaired) electrons. The van der Waals surface area contributed by atoms with E-state index in [0.29, 0.717) is 40.8 Å². The Morgan fingerprint density at radius 1 is 1.25 bits per heavy atom. The van der Waals surface area contributed by atoms with Gasteiger partial charge >= 0.3 is 6.36 Å². The highest BCUT2D eigenvalue weighted by Crippen LogP contribution is 2.35. The molecule has 194 valence electrons. The van der Waals surface area contributed by atoms with Gasteiger partial charge in [-0.1, -0.05) is 5.21 Å². The maximum Gasteiger partial charge on any atom is 0.573 e. The van der Waals surface area contributed by atoms with Gasteiger partial charge in [0.1, 0.15) is 29.1 Å². The lowest BCUT2D eigenvalue weighted by Gasteiger charge is -2.34. The Labute approximate surface area is 212 Å². The molecule has 1 aliphatic heterocycles.